The van der Waals surface area contributed by atoms with Crippen LogP contribution in [0.1, 0.15) is 24.0 Å². The lowest BCUT2D eigenvalue weighted by molar-refractivity contribution is -0.120. The van der Waals surface area contributed by atoms with E-state index in [4.69, 9.17) is 11.6 Å². The number of carbonyl (C=O) groups excluding carboxylic acids is 2. The lowest BCUT2D eigenvalue weighted by Crippen LogP contribution is -2.34. The highest BCUT2D eigenvalue weighted by Gasteiger charge is 2.42. The number of nitrogens with zero attached hydrogens (tertiary/aromatic N) is 2. The number of rotatable bonds is 3. The number of anilines is 1. The van der Waals surface area contributed by atoms with E-state index in [-0.39, 0.29) is 11.8 Å². The third-order valence-electron chi connectivity index (χ3n) is 4.91. The average Bonchev–Trinajstić information content (AvgIpc) is 3.23. The second-order valence-electron chi connectivity index (χ2n) is 6.71. The SMILES string of the molecule is Cc1ccc(C2=C(N3CCCC3)C(=O)N(c3ccc(Cl)cc3)C2=O)cc1. The van der Waals surface area contributed by atoms with E-state index in [0.717, 1.165) is 37.1 Å². The van der Waals surface area contributed by atoms with Crippen LogP contribution in [0.3, 0.4) is 0 Å². The van der Waals surface area contributed by atoms with Crippen LogP contribution in [0.15, 0.2) is 54.2 Å². The Morgan fingerprint density at radius 1 is 0.846 bits per heavy atom. The van der Waals surface area contributed by atoms with E-state index in [1.54, 1.807) is 24.3 Å². The highest BCUT2D eigenvalue weighted by molar-refractivity contribution is 6.45. The second-order valence-corrected chi connectivity index (χ2v) is 7.14. The first-order chi connectivity index (χ1) is 12.6. The third-order valence-corrected chi connectivity index (χ3v) is 5.16. The van der Waals surface area contributed by atoms with Gasteiger partial charge in [-0.1, -0.05) is 41.4 Å². The van der Waals surface area contributed by atoms with E-state index >= 15 is 0 Å². The van der Waals surface area contributed by atoms with E-state index in [0.29, 0.717) is 22.0 Å². The number of hydrogen-bond acceptors (Lipinski definition) is 3. The number of aryl methyl sites for hydroxylation is 1. The quantitative estimate of drug-likeness (QED) is 0.770. The molecule has 132 valence electrons. The van der Waals surface area contributed by atoms with Crippen molar-refractivity contribution in [2.24, 2.45) is 0 Å². The maximum Gasteiger partial charge on any atom is 0.282 e. The monoisotopic (exact) mass is 366 g/mol. The topological polar surface area (TPSA) is 40.6 Å². The zero-order valence-electron chi connectivity index (χ0n) is 14.5. The molecule has 0 unspecified atom stereocenters. The summed E-state index contributed by atoms with van der Waals surface area (Å²) in [4.78, 5) is 29.8. The van der Waals surface area contributed by atoms with Gasteiger partial charge >= 0.3 is 0 Å². The Balaban J connectivity index is 1.82. The lowest BCUT2D eigenvalue weighted by atomic mass is 10.0. The predicted octanol–water partition coefficient (Wildman–Crippen LogP) is 4.03. The molecule has 2 heterocycles. The Morgan fingerprint density at radius 3 is 2.08 bits per heavy atom. The average molecular weight is 367 g/mol. The Morgan fingerprint density at radius 2 is 1.46 bits per heavy atom. The van der Waals surface area contributed by atoms with Crippen molar-refractivity contribution in [1.82, 2.24) is 4.90 Å². The van der Waals surface area contributed by atoms with Crippen molar-refractivity contribution in [3.63, 3.8) is 0 Å². The Bertz CT molecular complexity index is 895. The van der Waals surface area contributed by atoms with Crippen molar-refractivity contribution in [3.05, 3.63) is 70.4 Å². The smallest absolute Gasteiger partial charge is 0.282 e. The molecule has 0 bridgehead atoms. The predicted molar refractivity (Wildman–Crippen MR) is 103 cm³/mol. The normalized spacial score (nSPS) is 17.6. The van der Waals surface area contributed by atoms with E-state index in [9.17, 15) is 9.59 Å². The zero-order chi connectivity index (χ0) is 18.3. The summed E-state index contributed by atoms with van der Waals surface area (Å²) in [5.41, 5.74) is 3.46. The van der Waals surface area contributed by atoms with Crippen molar-refractivity contribution in [2.75, 3.05) is 18.0 Å². The molecular formula is C21H19ClN2O2. The molecule has 2 amide bonds. The number of imide groups is 1. The minimum atomic E-state index is -0.275. The second kappa shape index (κ2) is 6.61. The van der Waals surface area contributed by atoms with Gasteiger partial charge in [-0.3, -0.25) is 9.59 Å². The molecule has 2 aromatic carbocycles. The number of likely N-dealkylation sites (tertiary alicyclic amines) is 1. The highest BCUT2D eigenvalue weighted by Crippen LogP contribution is 2.36. The molecule has 4 nitrogen and oxygen atoms in total. The van der Waals surface area contributed by atoms with Crippen molar-refractivity contribution in [2.45, 2.75) is 19.8 Å². The van der Waals surface area contributed by atoms with Crippen LogP contribution in [0.2, 0.25) is 5.02 Å². The molecule has 0 N–H and O–H groups in total. The van der Waals surface area contributed by atoms with Gasteiger partial charge in [0.1, 0.15) is 5.70 Å². The van der Waals surface area contributed by atoms with Crippen LogP contribution in [0, 0.1) is 6.92 Å². The minimum Gasteiger partial charge on any atom is -0.366 e. The molecule has 0 saturated carbocycles. The molecular weight excluding hydrogens is 348 g/mol. The van der Waals surface area contributed by atoms with Crippen molar-refractivity contribution >= 4 is 34.7 Å². The molecule has 5 heteroatoms. The van der Waals surface area contributed by atoms with Crippen LogP contribution in [-0.4, -0.2) is 29.8 Å². The van der Waals surface area contributed by atoms with Crippen molar-refractivity contribution in [3.8, 4) is 0 Å². The fraction of sp³-hybridized carbons (Fsp3) is 0.238. The first-order valence-electron chi connectivity index (χ1n) is 8.77. The molecule has 1 fully saturated rings. The third kappa shape index (κ3) is 2.80. The van der Waals surface area contributed by atoms with Crippen molar-refractivity contribution in [1.29, 1.82) is 0 Å². The first-order valence-corrected chi connectivity index (χ1v) is 9.14. The van der Waals surface area contributed by atoms with Gasteiger partial charge < -0.3 is 4.90 Å². The molecule has 26 heavy (non-hydrogen) atoms. The molecule has 4 rings (SSSR count). The summed E-state index contributed by atoms with van der Waals surface area (Å²) < 4.78 is 0. The van der Waals surface area contributed by atoms with E-state index < -0.39 is 0 Å². The van der Waals surface area contributed by atoms with Crippen LogP contribution >= 0.6 is 11.6 Å². The van der Waals surface area contributed by atoms with Gasteiger partial charge in [-0.15, -0.1) is 0 Å². The Labute approximate surface area is 157 Å². The van der Waals surface area contributed by atoms with Gasteiger partial charge in [-0.2, -0.15) is 0 Å². The van der Waals surface area contributed by atoms with Crippen LogP contribution in [-0.2, 0) is 9.59 Å². The fourth-order valence-electron chi connectivity index (χ4n) is 3.56. The highest BCUT2D eigenvalue weighted by atomic mass is 35.5. The molecule has 1 saturated heterocycles. The number of halogens is 1. The maximum atomic E-state index is 13.2. The molecule has 0 atom stereocenters. The maximum absolute atomic E-state index is 13.2. The molecule has 2 aliphatic rings. The first kappa shape index (κ1) is 16.9. The van der Waals surface area contributed by atoms with Crippen LogP contribution < -0.4 is 4.90 Å². The number of benzene rings is 2. The van der Waals surface area contributed by atoms with Crippen molar-refractivity contribution < 1.29 is 9.59 Å². The van der Waals surface area contributed by atoms with E-state index in [2.05, 4.69) is 0 Å². The van der Waals surface area contributed by atoms with E-state index in [1.165, 1.54) is 4.90 Å². The lowest BCUT2D eigenvalue weighted by Gasteiger charge is -2.20. The summed E-state index contributed by atoms with van der Waals surface area (Å²) >= 11 is 5.96. The molecule has 0 aromatic heterocycles. The minimum absolute atomic E-state index is 0.255. The van der Waals surface area contributed by atoms with Crippen LogP contribution in [0.4, 0.5) is 5.69 Å². The van der Waals surface area contributed by atoms with Crippen LogP contribution in [0.5, 0.6) is 0 Å². The van der Waals surface area contributed by atoms with Gasteiger partial charge in [0.2, 0.25) is 0 Å². The van der Waals surface area contributed by atoms with Gasteiger partial charge in [-0.05, 0) is 49.6 Å². The summed E-state index contributed by atoms with van der Waals surface area (Å²) in [5.74, 6) is -0.530. The zero-order valence-corrected chi connectivity index (χ0v) is 15.3. The Hall–Kier alpha value is -2.59. The van der Waals surface area contributed by atoms with Gasteiger partial charge in [0.15, 0.2) is 0 Å². The largest absolute Gasteiger partial charge is 0.366 e. The number of amides is 2. The van der Waals surface area contributed by atoms with Gasteiger partial charge in [-0.25, -0.2) is 4.90 Å². The summed E-state index contributed by atoms with van der Waals surface area (Å²) in [5, 5.41) is 0.569. The summed E-state index contributed by atoms with van der Waals surface area (Å²) in [7, 11) is 0. The molecule has 2 aliphatic heterocycles. The summed E-state index contributed by atoms with van der Waals surface area (Å²) in [6.07, 6.45) is 2.07. The molecule has 2 aromatic rings. The fourth-order valence-corrected chi connectivity index (χ4v) is 3.68. The Kier molecular flexibility index (Phi) is 4.29. The van der Waals surface area contributed by atoms with Gasteiger partial charge in [0.05, 0.1) is 11.3 Å². The number of hydrogen-bond donors (Lipinski definition) is 0. The van der Waals surface area contributed by atoms with Crippen LogP contribution in [0.25, 0.3) is 5.57 Å². The van der Waals surface area contributed by atoms with Gasteiger partial charge in [0.25, 0.3) is 11.8 Å². The summed E-state index contributed by atoms with van der Waals surface area (Å²) in [6.45, 7) is 3.61. The standard InChI is InChI=1S/C21H19ClN2O2/c1-14-4-6-15(7-5-14)18-19(23-12-2-3-13-23)21(26)24(20(18)25)17-10-8-16(22)9-11-17/h4-11H,2-3,12-13H2,1H3. The number of carbonyl (C=O) groups is 2. The molecule has 0 radical (unpaired) electrons. The summed E-state index contributed by atoms with van der Waals surface area (Å²) in [6, 6.07) is 14.6. The molecule has 0 aliphatic carbocycles. The van der Waals surface area contributed by atoms with Gasteiger partial charge in [0, 0.05) is 18.1 Å². The molecule has 0 spiro atoms. The van der Waals surface area contributed by atoms with E-state index in [1.807, 2.05) is 36.1 Å².